The zero-order valence-electron chi connectivity index (χ0n) is 17.3. The molecule has 9 nitrogen and oxygen atoms in total. The summed E-state index contributed by atoms with van der Waals surface area (Å²) < 4.78 is 22.3. The summed E-state index contributed by atoms with van der Waals surface area (Å²) in [5.74, 6) is -0.929. The molecule has 10 heteroatoms. The van der Waals surface area contributed by atoms with Crippen molar-refractivity contribution in [2.75, 3.05) is 28.4 Å². The van der Waals surface area contributed by atoms with Crippen LogP contribution in [0.4, 0.5) is 0 Å². The highest BCUT2D eigenvalue weighted by atomic mass is 32.1. The number of amides is 1. The van der Waals surface area contributed by atoms with Crippen LogP contribution in [0.15, 0.2) is 41.4 Å². The van der Waals surface area contributed by atoms with Crippen molar-refractivity contribution in [1.29, 1.82) is 0 Å². The highest BCUT2D eigenvalue weighted by Gasteiger charge is 2.18. The van der Waals surface area contributed by atoms with Gasteiger partial charge in [-0.05, 0) is 30.3 Å². The molecule has 0 atom stereocenters. The van der Waals surface area contributed by atoms with E-state index >= 15 is 0 Å². The number of ether oxygens (including phenoxy) is 4. The van der Waals surface area contributed by atoms with Gasteiger partial charge in [0.2, 0.25) is 0 Å². The second kappa shape index (κ2) is 9.43. The van der Waals surface area contributed by atoms with Gasteiger partial charge in [0, 0.05) is 0 Å². The topological polar surface area (TPSA) is 105 Å². The number of carbonyl (C=O) groups excluding carboxylic acids is 3. The van der Waals surface area contributed by atoms with Crippen LogP contribution in [0.1, 0.15) is 20.7 Å². The summed E-state index contributed by atoms with van der Waals surface area (Å²) in [5, 5.41) is 0. The fraction of sp³-hybridized carbons (Fsp3) is 0.238. The van der Waals surface area contributed by atoms with E-state index in [0.29, 0.717) is 21.5 Å². The summed E-state index contributed by atoms with van der Waals surface area (Å²) in [4.78, 5) is 41.3. The Balaban J connectivity index is 2.18. The largest absolute Gasteiger partial charge is 0.493 e. The van der Waals surface area contributed by atoms with E-state index in [1.807, 2.05) is 0 Å². The molecular weight excluding hydrogens is 424 g/mol. The average molecular weight is 444 g/mol. The lowest BCUT2D eigenvalue weighted by Crippen LogP contribution is -2.22. The Bertz CT molecular complexity index is 1230. The predicted octanol–water partition coefficient (Wildman–Crippen LogP) is 2.42. The van der Waals surface area contributed by atoms with Crippen LogP contribution in [0.25, 0.3) is 10.2 Å². The Labute approximate surface area is 181 Å². The quantitative estimate of drug-likeness (QED) is 0.538. The summed E-state index contributed by atoms with van der Waals surface area (Å²) in [5.41, 5.74) is 1.17. The number of aromatic nitrogens is 1. The number of thiazole rings is 1. The van der Waals surface area contributed by atoms with E-state index in [0.717, 1.165) is 11.3 Å². The van der Waals surface area contributed by atoms with Crippen LogP contribution in [-0.2, 0) is 20.8 Å². The van der Waals surface area contributed by atoms with Crippen molar-refractivity contribution in [2.45, 2.75) is 6.54 Å². The second-order valence-electron chi connectivity index (χ2n) is 6.18. The van der Waals surface area contributed by atoms with Crippen molar-refractivity contribution in [3.05, 3.63) is 52.3 Å². The van der Waals surface area contributed by atoms with Crippen molar-refractivity contribution >= 4 is 39.4 Å². The van der Waals surface area contributed by atoms with Crippen LogP contribution in [0, 0.1) is 0 Å². The maximum atomic E-state index is 13.0. The molecule has 0 fully saturated rings. The van der Waals surface area contributed by atoms with E-state index in [1.54, 1.807) is 41.0 Å². The Hall–Kier alpha value is -3.66. The second-order valence-corrected chi connectivity index (χ2v) is 7.19. The Morgan fingerprint density at radius 1 is 1.00 bits per heavy atom. The summed E-state index contributed by atoms with van der Waals surface area (Å²) in [6, 6.07) is 9.75. The molecule has 0 N–H and O–H groups in total. The van der Waals surface area contributed by atoms with Gasteiger partial charge in [0.15, 0.2) is 16.3 Å². The van der Waals surface area contributed by atoms with Crippen LogP contribution in [0.2, 0.25) is 0 Å². The predicted molar refractivity (Wildman–Crippen MR) is 113 cm³/mol. The fourth-order valence-electron chi connectivity index (χ4n) is 2.95. The molecule has 3 aromatic rings. The summed E-state index contributed by atoms with van der Waals surface area (Å²) in [7, 11) is 5.47. The number of hydrogen-bond acceptors (Lipinski definition) is 8. The van der Waals surface area contributed by atoms with Crippen molar-refractivity contribution in [3.63, 3.8) is 0 Å². The van der Waals surface area contributed by atoms with Gasteiger partial charge in [0.1, 0.15) is 6.54 Å². The number of carbonyl (C=O) groups is 3. The maximum Gasteiger partial charge on any atom is 0.337 e. The molecule has 0 aliphatic rings. The summed E-state index contributed by atoms with van der Waals surface area (Å²) >= 11 is 1.15. The van der Waals surface area contributed by atoms with Gasteiger partial charge in [-0.2, -0.15) is 4.99 Å². The number of hydrogen-bond donors (Lipinski definition) is 0. The molecule has 0 spiro atoms. The molecule has 1 heterocycles. The Morgan fingerprint density at radius 2 is 1.77 bits per heavy atom. The van der Waals surface area contributed by atoms with E-state index in [2.05, 4.69) is 4.99 Å². The third-order valence-corrected chi connectivity index (χ3v) is 5.49. The number of para-hydroxylation sites is 1. The van der Waals surface area contributed by atoms with E-state index in [4.69, 9.17) is 18.9 Å². The van der Waals surface area contributed by atoms with Gasteiger partial charge in [0.25, 0.3) is 5.91 Å². The minimum absolute atomic E-state index is 0.157. The first-order valence-electron chi connectivity index (χ1n) is 9.02. The minimum Gasteiger partial charge on any atom is -0.493 e. The molecule has 0 unspecified atom stereocenters. The SMILES string of the molecule is COC(=O)Cn1c(=NC(=O)c2cccc(OC)c2OC)sc2cc(C(=O)OC)ccc21. The van der Waals surface area contributed by atoms with Crippen LogP contribution < -0.4 is 14.3 Å². The molecule has 0 radical (unpaired) electrons. The lowest BCUT2D eigenvalue weighted by molar-refractivity contribution is -0.141. The van der Waals surface area contributed by atoms with Crippen LogP contribution >= 0.6 is 11.3 Å². The van der Waals surface area contributed by atoms with Gasteiger partial charge < -0.3 is 23.5 Å². The first kappa shape index (κ1) is 22.0. The molecule has 0 aliphatic heterocycles. The van der Waals surface area contributed by atoms with E-state index < -0.39 is 17.8 Å². The van der Waals surface area contributed by atoms with Crippen molar-refractivity contribution in [1.82, 2.24) is 4.57 Å². The van der Waals surface area contributed by atoms with Crippen LogP contribution in [-0.4, -0.2) is 50.9 Å². The lowest BCUT2D eigenvalue weighted by atomic mass is 10.2. The van der Waals surface area contributed by atoms with Gasteiger partial charge in [0.05, 0.1) is 49.8 Å². The zero-order chi connectivity index (χ0) is 22.5. The molecule has 1 aromatic heterocycles. The third-order valence-electron chi connectivity index (χ3n) is 4.45. The van der Waals surface area contributed by atoms with E-state index in [1.165, 1.54) is 28.4 Å². The van der Waals surface area contributed by atoms with Gasteiger partial charge in [-0.25, -0.2) is 4.79 Å². The zero-order valence-corrected chi connectivity index (χ0v) is 18.1. The molecule has 1 amide bonds. The molecule has 2 aromatic carbocycles. The first-order chi connectivity index (χ1) is 14.9. The Morgan fingerprint density at radius 3 is 2.42 bits per heavy atom. The van der Waals surface area contributed by atoms with Gasteiger partial charge in [-0.3, -0.25) is 9.59 Å². The lowest BCUT2D eigenvalue weighted by Gasteiger charge is -2.10. The van der Waals surface area contributed by atoms with E-state index in [-0.39, 0.29) is 22.7 Å². The molecular formula is C21H20N2O7S. The Kier molecular flexibility index (Phi) is 6.71. The van der Waals surface area contributed by atoms with Crippen molar-refractivity contribution in [3.8, 4) is 11.5 Å². The first-order valence-corrected chi connectivity index (χ1v) is 9.83. The minimum atomic E-state index is -0.575. The number of nitrogens with zero attached hydrogens (tertiary/aromatic N) is 2. The third kappa shape index (κ3) is 4.43. The van der Waals surface area contributed by atoms with Gasteiger partial charge >= 0.3 is 11.9 Å². The van der Waals surface area contributed by atoms with Gasteiger partial charge in [-0.15, -0.1) is 0 Å². The normalized spacial score (nSPS) is 11.3. The van der Waals surface area contributed by atoms with Crippen LogP contribution in [0.5, 0.6) is 11.5 Å². The number of benzene rings is 2. The number of rotatable bonds is 6. The van der Waals surface area contributed by atoms with Gasteiger partial charge in [-0.1, -0.05) is 17.4 Å². The summed E-state index contributed by atoms with van der Waals surface area (Å²) in [6.45, 7) is -0.157. The number of esters is 2. The molecule has 0 aliphatic carbocycles. The smallest absolute Gasteiger partial charge is 0.337 e. The molecule has 31 heavy (non-hydrogen) atoms. The van der Waals surface area contributed by atoms with E-state index in [9.17, 15) is 14.4 Å². The molecule has 0 saturated carbocycles. The van der Waals surface area contributed by atoms with Crippen molar-refractivity contribution < 1.29 is 33.3 Å². The molecule has 0 bridgehead atoms. The highest BCUT2D eigenvalue weighted by Crippen LogP contribution is 2.31. The monoisotopic (exact) mass is 444 g/mol. The number of methoxy groups -OCH3 is 4. The maximum absolute atomic E-state index is 13.0. The molecule has 0 saturated heterocycles. The standard InChI is InChI=1S/C21H20N2O7S/c1-27-15-7-5-6-13(18(15)29-3)19(25)22-21-23(11-17(24)28-2)14-9-8-12(20(26)30-4)10-16(14)31-21/h5-10H,11H2,1-4H3. The molecule has 3 rings (SSSR count). The van der Waals surface area contributed by atoms with Crippen LogP contribution in [0.3, 0.4) is 0 Å². The number of fused-ring (bicyclic) bond motifs is 1. The fourth-order valence-corrected chi connectivity index (χ4v) is 4.02. The van der Waals surface area contributed by atoms with Crippen molar-refractivity contribution in [2.24, 2.45) is 4.99 Å². The molecule has 162 valence electrons. The summed E-state index contributed by atoms with van der Waals surface area (Å²) in [6.07, 6.45) is 0. The highest BCUT2D eigenvalue weighted by molar-refractivity contribution is 7.16. The average Bonchev–Trinajstić information content (AvgIpc) is 3.13.